The smallest absolute Gasteiger partial charge is 0.238 e. The van der Waals surface area contributed by atoms with Crippen molar-refractivity contribution >= 4 is 17.5 Å². The van der Waals surface area contributed by atoms with Crippen molar-refractivity contribution in [3.05, 3.63) is 47.8 Å². The highest BCUT2D eigenvalue weighted by atomic mass is 35.5. The van der Waals surface area contributed by atoms with E-state index in [4.69, 9.17) is 16.3 Å². The molecular formula is C18H22ClN3O2. The zero-order valence-corrected chi connectivity index (χ0v) is 14.7. The molecule has 0 saturated heterocycles. The van der Waals surface area contributed by atoms with Gasteiger partial charge in [-0.1, -0.05) is 18.2 Å². The average molecular weight is 348 g/mol. The van der Waals surface area contributed by atoms with Gasteiger partial charge in [0.05, 0.1) is 6.20 Å². The Labute approximate surface area is 147 Å². The van der Waals surface area contributed by atoms with Gasteiger partial charge in [-0.3, -0.25) is 9.48 Å². The SMILES string of the molecule is Cc1c(CN(C(=O)CCl)C2CC(Oc3ccccc3)C2)cnn1C. The Kier molecular flexibility index (Phi) is 5.09. The van der Waals surface area contributed by atoms with Crippen molar-refractivity contribution in [1.29, 1.82) is 0 Å². The average Bonchev–Trinajstić information content (AvgIpc) is 2.88. The van der Waals surface area contributed by atoms with Crippen LogP contribution in [-0.4, -0.2) is 38.6 Å². The molecule has 1 fully saturated rings. The molecule has 0 bridgehead atoms. The highest BCUT2D eigenvalue weighted by Crippen LogP contribution is 2.31. The first-order chi connectivity index (χ1) is 11.6. The molecule has 0 unspecified atom stereocenters. The number of halogens is 1. The number of aromatic nitrogens is 2. The molecular weight excluding hydrogens is 326 g/mol. The highest BCUT2D eigenvalue weighted by molar-refractivity contribution is 6.27. The number of ether oxygens (including phenoxy) is 1. The normalized spacial score (nSPS) is 19.6. The number of hydrogen-bond donors (Lipinski definition) is 0. The van der Waals surface area contributed by atoms with E-state index in [1.807, 2.05) is 60.1 Å². The summed E-state index contributed by atoms with van der Waals surface area (Å²) < 4.78 is 7.75. The van der Waals surface area contributed by atoms with Crippen LogP contribution >= 0.6 is 11.6 Å². The third-order valence-corrected chi connectivity index (χ3v) is 4.90. The number of para-hydroxylation sites is 1. The lowest BCUT2D eigenvalue weighted by atomic mass is 9.87. The lowest BCUT2D eigenvalue weighted by molar-refractivity contribution is -0.135. The lowest BCUT2D eigenvalue weighted by Gasteiger charge is -2.42. The van der Waals surface area contributed by atoms with Crippen LogP contribution in [0.3, 0.4) is 0 Å². The van der Waals surface area contributed by atoms with E-state index in [0.29, 0.717) is 6.54 Å². The zero-order valence-electron chi connectivity index (χ0n) is 14.0. The van der Waals surface area contributed by atoms with Gasteiger partial charge in [0.15, 0.2) is 0 Å². The maximum Gasteiger partial charge on any atom is 0.238 e. The van der Waals surface area contributed by atoms with Crippen molar-refractivity contribution in [2.45, 2.75) is 38.5 Å². The van der Waals surface area contributed by atoms with Crippen LogP contribution in [0.25, 0.3) is 0 Å². The molecule has 1 aliphatic carbocycles. The van der Waals surface area contributed by atoms with Crippen LogP contribution in [0, 0.1) is 6.92 Å². The number of hydrogen-bond acceptors (Lipinski definition) is 3. The minimum Gasteiger partial charge on any atom is -0.490 e. The summed E-state index contributed by atoms with van der Waals surface area (Å²) in [5, 5.41) is 4.25. The Balaban J connectivity index is 1.61. The van der Waals surface area contributed by atoms with Crippen LogP contribution in [0.4, 0.5) is 0 Å². The minimum absolute atomic E-state index is 0.0000187. The van der Waals surface area contributed by atoms with E-state index < -0.39 is 0 Å². The van der Waals surface area contributed by atoms with Crippen LogP contribution in [0.2, 0.25) is 0 Å². The first-order valence-corrected chi connectivity index (χ1v) is 8.66. The van der Waals surface area contributed by atoms with Crippen molar-refractivity contribution in [2.24, 2.45) is 7.05 Å². The zero-order chi connectivity index (χ0) is 17.1. The summed E-state index contributed by atoms with van der Waals surface area (Å²) in [6.45, 7) is 2.56. The van der Waals surface area contributed by atoms with Crippen molar-refractivity contribution in [1.82, 2.24) is 14.7 Å². The third-order valence-electron chi connectivity index (χ3n) is 4.67. The molecule has 1 aliphatic rings. The van der Waals surface area contributed by atoms with Gasteiger partial charge in [0.25, 0.3) is 0 Å². The van der Waals surface area contributed by atoms with Gasteiger partial charge in [0, 0.05) is 43.7 Å². The predicted molar refractivity (Wildman–Crippen MR) is 93.1 cm³/mol. The van der Waals surface area contributed by atoms with E-state index in [1.54, 1.807) is 0 Å². The van der Waals surface area contributed by atoms with Crippen LogP contribution < -0.4 is 4.74 Å². The summed E-state index contributed by atoms with van der Waals surface area (Å²) in [6, 6.07) is 9.96. The van der Waals surface area contributed by atoms with Crippen LogP contribution in [0.15, 0.2) is 36.5 Å². The largest absolute Gasteiger partial charge is 0.490 e. The molecule has 24 heavy (non-hydrogen) atoms. The Morgan fingerprint density at radius 2 is 2.08 bits per heavy atom. The first-order valence-electron chi connectivity index (χ1n) is 8.13. The second-order valence-electron chi connectivity index (χ2n) is 6.21. The molecule has 0 atom stereocenters. The van der Waals surface area contributed by atoms with Crippen LogP contribution in [0.5, 0.6) is 5.75 Å². The van der Waals surface area contributed by atoms with Crippen LogP contribution in [-0.2, 0) is 18.4 Å². The fourth-order valence-corrected chi connectivity index (χ4v) is 3.11. The number of alkyl halides is 1. The van der Waals surface area contributed by atoms with Gasteiger partial charge >= 0.3 is 0 Å². The number of carbonyl (C=O) groups excluding carboxylic acids is 1. The number of rotatable bonds is 6. The Bertz CT molecular complexity index is 696. The molecule has 1 saturated carbocycles. The molecule has 0 radical (unpaired) electrons. The van der Waals surface area contributed by atoms with Gasteiger partial charge in [-0.25, -0.2) is 0 Å². The van der Waals surface area contributed by atoms with E-state index in [9.17, 15) is 4.79 Å². The summed E-state index contributed by atoms with van der Waals surface area (Å²) in [5.74, 6) is 0.836. The van der Waals surface area contributed by atoms with Crippen molar-refractivity contribution in [2.75, 3.05) is 5.88 Å². The number of amides is 1. The van der Waals surface area contributed by atoms with E-state index in [2.05, 4.69) is 5.10 Å². The predicted octanol–water partition coefficient (Wildman–Crippen LogP) is 2.91. The molecule has 5 nitrogen and oxygen atoms in total. The molecule has 1 aromatic carbocycles. The first kappa shape index (κ1) is 16.8. The van der Waals surface area contributed by atoms with Crippen LogP contribution in [0.1, 0.15) is 24.1 Å². The molecule has 0 aliphatic heterocycles. The van der Waals surface area contributed by atoms with Gasteiger partial charge in [0.2, 0.25) is 5.91 Å². The maximum absolute atomic E-state index is 12.3. The molecule has 3 rings (SSSR count). The molecule has 1 aromatic heterocycles. The molecule has 128 valence electrons. The maximum atomic E-state index is 12.3. The van der Waals surface area contributed by atoms with E-state index in [0.717, 1.165) is 29.8 Å². The molecule has 0 N–H and O–H groups in total. The number of nitrogens with zero attached hydrogens (tertiary/aromatic N) is 3. The second kappa shape index (κ2) is 7.26. The monoisotopic (exact) mass is 347 g/mol. The van der Waals surface area contributed by atoms with E-state index in [1.165, 1.54) is 0 Å². The van der Waals surface area contributed by atoms with Gasteiger partial charge in [-0.05, 0) is 19.1 Å². The number of benzene rings is 1. The molecule has 1 amide bonds. The Morgan fingerprint density at radius 3 is 2.67 bits per heavy atom. The molecule has 1 heterocycles. The van der Waals surface area contributed by atoms with Gasteiger partial charge in [0.1, 0.15) is 17.7 Å². The number of aryl methyl sites for hydroxylation is 1. The minimum atomic E-state index is -0.0388. The summed E-state index contributed by atoms with van der Waals surface area (Å²) in [7, 11) is 1.90. The molecule has 0 spiro atoms. The quantitative estimate of drug-likeness (QED) is 0.755. The number of carbonyl (C=O) groups is 1. The highest BCUT2D eigenvalue weighted by Gasteiger charge is 2.37. The van der Waals surface area contributed by atoms with Gasteiger partial charge in [-0.15, -0.1) is 11.6 Å². The van der Waals surface area contributed by atoms with Gasteiger partial charge in [-0.2, -0.15) is 5.10 Å². The lowest BCUT2D eigenvalue weighted by Crippen LogP contribution is -2.51. The summed E-state index contributed by atoms with van der Waals surface area (Å²) in [4.78, 5) is 14.1. The summed E-state index contributed by atoms with van der Waals surface area (Å²) in [5.41, 5.74) is 2.13. The van der Waals surface area contributed by atoms with Crippen molar-refractivity contribution in [3.63, 3.8) is 0 Å². The standard InChI is InChI=1S/C18H22ClN3O2/c1-13-14(11-20-21(13)2)12-22(18(23)10-19)15-8-17(9-15)24-16-6-4-3-5-7-16/h3-7,11,15,17H,8-10,12H2,1-2H3. The van der Waals surface area contributed by atoms with Crippen molar-refractivity contribution in [3.8, 4) is 5.75 Å². The Morgan fingerprint density at radius 1 is 1.38 bits per heavy atom. The molecule has 2 aromatic rings. The topological polar surface area (TPSA) is 47.4 Å². The van der Waals surface area contributed by atoms with E-state index in [-0.39, 0.29) is 23.9 Å². The van der Waals surface area contributed by atoms with Crippen molar-refractivity contribution < 1.29 is 9.53 Å². The fraction of sp³-hybridized carbons (Fsp3) is 0.444. The fourth-order valence-electron chi connectivity index (χ4n) is 2.96. The van der Waals surface area contributed by atoms with E-state index >= 15 is 0 Å². The Hall–Kier alpha value is -2.01. The third kappa shape index (κ3) is 3.56. The summed E-state index contributed by atoms with van der Waals surface area (Å²) in [6.07, 6.45) is 3.63. The summed E-state index contributed by atoms with van der Waals surface area (Å²) >= 11 is 5.81. The molecule has 6 heteroatoms. The van der Waals surface area contributed by atoms with Gasteiger partial charge < -0.3 is 9.64 Å². The second-order valence-corrected chi connectivity index (χ2v) is 6.48.